The van der Waals surface area contributed by atoms with Gasteiger partial charge in [-0.25, -0.2) is 0 Å². The molecule has 40 heavy (non-hydrogen) atoms. The molecule has 2 aliphatic heterocycles. The first-order valence-electron chi connectivity index (χ1n) is 14.1. The summed E-state index contributed by atoms with van der Waals surface area (Å²) in [5.41, 5.74) is 10.8. The SMILES string of the molecule is CC1(C)c2cccc3c2-n2c4c1cccc4c1cc(-n4c(=O)c5ccccc5c5ccccc54)cc(c12)C3(C)C. The lowest BCUT2D eigenvalue weighted by atomic mass is 9.69. The molecular formula is C37H28N2O. The Balaban J connectivity index is 1.53. The Hall–Kier alpha value is -4.63. The van der Waals surface area contributed by atoms with Crippen LogP contribution in [0.3, 0.4) is 0 Å². The van der Waals surface area contributed by atoms with Crippen LogP contribution in [0.5, 0.6) is 0 Å². The normalized spacial score (nSPS) is 16.0. The highest BCUT2D eigenvalue weighted by Crippen LogP contribution is 2.55. The number of para-hydroxylation sites is 3. The van der Waals surface area contributed by atoms with E-state index in [1.165, 1.54) is 49.7 Å². The van der Waals surface area contributed by atoms with Crippen LogP contribution in [-0.2, 0) is 10.8 Å². The van der Waals surface area contributed by atoms with Crippen LogP contribution < -0.4 is 5.56 Å². The summed E-state index contributed by atoms with van der Waals surface area (Å²) in [6.07, 6.45) is 0. The average Bonchev–Trinajstić information content (AvgIpc) is 3.30. The van der Waals surface area contributed by atoms with Gasteiger partial charge in [0.15, 0.2) is 0 Å². The van der Waals surface area contributed by atoms with E-state index in [0.29, 0.717) is 0 Å². The minimum Gasteiger partial charge on any atom is -0.308 e. The average molecular weight is 517 g/mol. The van der Waals surface area contributed by atoms with Crippen LogP contribution in [0.2, 0.25) is 0 Å². The van der Waals surface area contributed by atoms with Gasteiger partial charge >= 0.3 is 0 Å². The number of rotatable bonds is 1. The zero-order valence-electron chi connectivity index (χ0n) is 23.0. The highest BCUT2D eigenvalue weighted by Gasteiger charge is 2.43. The fourth-order valence-corrected chi connectivity index (χ4v) is 7.88. The second kappa shape index (κ2) is 6.92. The monoisotopic (exact) mass is 516 g/mol. The lowest BCUT2D eigenvalue weighted by Gasteiger charge is -2.42. The van der Waals surface area contributed by atoms with Crippen molar-refractivity contribution in [2.75, 3.05) is 0 Å². The molecular weight excluding hydrogens is 488 g/mol. The van der Waals surface area contributed by atoms with Gasteiger partial charge in [0.2, 0.25) is 0 Å². The van der Waals surface area contributed by atoms with Gasteiger partial charge in [-0.15, -0.1) is 0 Å². The van der Waals surface area contributed by atoms with Gasteiger partial charge in [0.1, 0.15) is 0 Å². The Labute approximate surface area is 231 Å². The van der Waals surface area contributed by atoms with Crippen molar-refractivity contribution in [3.8, 4) is 11.4 Å². The molecule has 7 aromatic rings. The Morgan fingerprint density at radius 1 is 0.500 bits per heavy atom. The molecule has 0 N–H and O–H groups in total. The summed E-state index contributed by atoms with van der Waals surface area (Å²) in [6.45, 7) is 9.39. The van der Waals surface area contributed by atoms with E-state index in [1.54, 1.807) is 0 Å². The largest absolute Gasteiger partial charge is 0.308 e. The lowest BCUT2D eigenvalue weighted by Crippen LogP contribution is -2.33. The number of hydrogen-bond donors (Lipinski definition) is 0. The number of nitrogens with zero attached hydrogens (tertiary/aromatic N) is 2. The van der Waals surface area contributed by atoms with Crippen LogP contribution in [-0.4, -0.2) is 9.13 Å². The molecule has 0 bridgehead atoms. The summed E-state index contributed by atoms with van der Waals surface area (Å²) in [4.78, 5) is 14.2. The Morgan fingerprint density at radius 2 is 1.07 bits per heavy atom. The smallest absolute Gasteiger partial charge is 0.263 e. The number of benzene rings is 5. The molecule has 0 amide bonds. The van der Waals surface area contributed by atoms with Crippen LogP contribution in [0.4, 0.5) is 0 Å². The first kappa shape index (κ1) is 22.2. The second-order valence-corrected chi connectivity index (χ2v) is 12.6. The fourth-order valence-electron chi connectivity index (χ4n) is 7.88. The van der Waals surface area contributed by atoms with Crippen LogP contribution >= 0.6 is 0 Å². The maximum absolute atomic E-state index is 14.2. The van der Waals surface area contributed by atoms with E-state index < -0.39 is 0 Å². The molecule has 0 fully saturated rings. The van der Waals surface area contributed by atoms with Gasteiger partial charge < -0.3 is 4.57 Å². The highest BCUT2D eigenvalue weighted by atomic mass is 16.1. The number of aromatic nitrogens is 2. The summed E-state index contributed by atoms with van der Waals surface area (Å²) in [6, 6.07) is 34.4. The number of hydrogen-bond acceptors (Lipinski definition) is 1. The van der Waals surface area contributed by atoms with Crippen molar-refractivity contribution in [3.05, 3.63) is 130 Å². The minimum absolute atomic E-state index is 0.0204. The van der Waals surface area contributed by atoms with Crippen molar-refractivity contribution in [3.63, 3.8) is 0 Å². The van der Waals surface area contributed by atoms with E-state index in [4.69, 9.17) is 0 Å². The van der Waals surface area contributed by atoms with Crippen molar-refractivity contribution in [2.45, 2.75) is 38.5 Å². The van der Waals surface area contributed by atoms with Crippen molar-refractivity contribution < 1.29 is 0 Å². The first-order valence-corrected chi connectivity index (χ1v) is 14.1. The molecule has 0 saturated carbocycles. The summed E-state index contributed by atoms with van der Waals surface area (Å²) < 4.78 is 4.47. The molecule has 9 rings (SSSR count). The molecule has 0 saturated heterocycles. The Kier molecular flexibility index (Phi) is 3.84. The van der Waals surface area contributed by atoms with Crippen molar-refractivity contribution in [2.24, 2.45) is 0 Å². The van der Waals surface area contributed by atoms with E-state index in [2.05, 4.69) is 105 Å². The van der Waals surface area contributed by atoms with Crippen molar-refractivity contribution in [1.82, 2.24) is 9.13 Å². The third kappa shape index (κ3) is 2.37. The quantitative estimate of drug-likeness (QED) is 0.201. The molecule has 0 spiro atoms. The summed E-state index contributed by atoms with van der Waals surface area (Å²) in [7, 11) is 0. The maximum atomic E-state index is 14.2. The first-order chi connectivity index (χ1) is 19.3. The molecule has 5 aromatic carbocycles. The zero-order chi connectivity index (χ0) is 27.1. The third-order valence-electron chi connectivity index (χ3n) is 9.87. The molecule has 0 aliphatic carbocycles. The molecule has 0 unspecified atom stereocenters. The third-order valence-corrected chi connectivity index (χ3v) is 9.87. The molecule has 0 radical (unpaired) electrons. The maximum Gasteiger partial charge on any atom is 0.263 e. The molecule has 2 aliphatic rings. The fraction of sp³-hybridized carbons (Fsp3) is 0.162. The molecule has 0 atom stereocenters. The summed E-state index contributed by atoms with van der Waals surface area (Å²) >= 11 is 0. The molecule has 4 heterocycles. The van der Waals surface area contributed by atoms with Gasteiger partial charge in [0.25, 0.3) is 5.56 Å². The van der Waals surface area contributed by atoms with Crippen LogP contribution in [0.25, 0.3) is 54.9 Å². The van der Waals surface area contributed by atoms with Crippen LogP contribution in [0, 0.1) is 0 Å². The lowest BCUT2D eigenvalue weighted by molar-refractivity contribution is 0.593. The van der Waals surface area contributed by atoms with Gasteiger partial charge in [-0.3, -0.25) is 9.36 Å². The summed E-state index contributed by atoms with van der Waals surface area (Å²) in [5.74, 6) is 0. The van der Waals surface area contributed by atoms with Crippen LogP contribution in [0.1, 0.15) is 49.9 Å². The number of fused-ring (bicyclic) bond motifs is 4. The highest BCUT2D eigenvalue weighted by molar-refractivity contribution is 6.15. The Morgan fingerprint density at radius 3 is 1.85 bits per heavy atom. The van der Waals surface area contributed by atoms with E-state index in [0.717, 1.165) is 27.4 Å². The topological polar surface area (TPSA) is 26.9 Å². The van der Waals surface area contributed by atoms with Crippen molar-refractivity contribution in [1.29, 1.82) is 0 Å². The van der Waals surface area contributed by atoms with E-state index >= 15 is 0 Å². The predicted octanol–water partition coefficient (Wildman–Crippen LogP) is 8.52. The molecule has 192 valence electrons. The van der Waals surface area contributed by atoms with E-state index in [1.807, 2.05) is 28.8 Å². The van der Waals surface area contributed by atoms with Gasteiger partial charge in [-0.2, -0.15) is 0 Å². The van der Waals surface area contributed by atoms with E-state index in [-0.39, 0.29) is 16.4 Å². The molecule has 2 aromatic heterocycles. The van der Waals surface area contributed by atoms with Gasteiger partial charge in [0.05, 0.1) is 27.9 Å². The summed E-state index contributed by atoms with van der Waals surface area (Å²) in [5, 5.41) is 5.29. The van der Waals surface area contributed by atoms with Gasteiger partial charge in [0, 0.05) is 32.4 Å². The van der Waals surface area contributed by atoms with Crippen molar-refractivity contribution >= 4 is 43.5 Å². The predicted molar refractivity (Wildman–Crippen MR) is 166 cm³/mol. The van der Waals surface area contributed by atoms with Gasteiger partial charge in [-0.1, -0.05) is 100 Å². The van der Waals surface area contributed by atoms with Crippen LogP contribution in [0.15, 0.2) is 102 Å². The van der Waals surface area contributed by atoms with Gasteiger partial charge in [-0.05, 0) is 51.9 Å². The minimum atomic E-state index is -0.242. The number of pyridine rings is 1. The Bertz CT molecular complexity index is 2350. The van der Waals surface area contributed by atoms with E-state index in [9.17, 15) is 4.79 Å². The standard InChI is InChI=1S/C37H28N2O/c1-36(2)27-15-9-14-24-26-19-21(38-31-18-8-7-12-23(31)22-11-5-6-13-25(22)35(38)40)20-30-33(26)39(32(24)27)34-28(36)16-10-17-29(34)37(30,3)4/h5-20H,1-4H3. The molecule has 3 nitrogen and oxygen atoms in total. The molecule has 3 heteroatoms. The zero-order valence-corrected chi connectivity index (χ0v) is 23.0. The second-order valence-electron chi connectivity index (χ2n) is 12.6.